The van der Waals surface area contributed by atoms with Gasteiger partial charge < -0.3 is 4.90 Å². The maximum atomic E-state index is 11.6. The number of likely N-dealkylation sites (N-methyl/N-ethyl adjacent to an activating group) is 1. The second kappa shape index (κ2) is 3.81. The van der Waals surface area contributed by atoms with E-state index in [1.54, 1.807) is 13.8 Å². The molecule has 84 valence electrons. The van der Waals surface area contributed by atoms with Gasteiger partial charge in [0.2, 0.25) is 5.24 Å². The number of hydrogen-bond acceptors (Lipinski definition) is 3. The standard InChI is InChI=1S/C9H13ClN2O3/c1-9(2)7(14)11(3)8(15)12(9)5-4-6(10)13/h4-5H2,1-3H3. The van der Waals surface area contributed by atoms with Crippen LogP contribution in [0.5, 0.6) is 0 Å². The van der Waals surface area contributed by atoms with Gasteiger partial charge in [0.1, 0.15) is 5.54 Å². The van der Waals surface area contributed by atoms with Crippen LogP contribution in [-0.2, 0) is 9.59 Å². The fraction of sp³-hybridized carbons (Fsp3) is 0.667. The van der Waals surface area contributed by atoms with E-state index in [0.29, 0.717) is 0 Å². The van der Waals surface area contributed by atoms with Crippen LogP contribution in [0.4, 0.5) is 4.79 Å². The maximum absolute atomic E-state index is 11.6. The fourth-order valence-corrected chi connectivity index (χ4v) is 1.69. The van der Waals surface area contributed by atoms with Gasteiger partial charge >= 0.3 is 6.03 Å². The molecule has 0 aromatic carbocycles. The summed E-state index contributed by atoms with van der Waals surface area (Å²) in [6.07, 6.45) is 0.0534. The van der Waals surface area contributed by atoms with Crippen LogP contribution in [0.2, 0.25) is 0 Å². The number of nitrogens with zero attached hydrogens (tertiary/aromatic N) is 2. The second-order valence-electron chi connectivity index (χ2n) is 3.96. The summed E-state index contributed by atoms with van der Waals surface area (Å²) in [6, 6.07) is -0.386. The van der Waals surface area contributed by atoms with E-state index in [1.807, 2.05) is 0 Å². The Morgan fingerprint density at radius 1 is 1.40 bits per heavy atom. The number of imide groups is 1. The lowest BCUT2D eigenvalue weighted by Crippen LogP contribution is -2.44. The lowest BCUT2D eigenvalue weighted by atomic mass is 10.0. The third kappa shape index (κ3) is 1.97. The van der Waals surface area contributed by atoms with E-state index in [0.717, 1.165) is 4.90 Å². The van der Waals surface area contributed by atoms with Crippen molar-refractivity contribution in [2.75, 3.05) is 13.6 Å². The summed E-state index contributed by atoms with van der Waals surface area (Å²) >= 11 is 5.19. The van der Waals surface area contributed by atoms with E-state index in [9.17, 15) is 14.4 Å². The van der Waals surface area contributed by atoms with E-state index in [4.69, 9.17) is 11.6 Å². The first-order valence-corrected chi connectivity index (χ1v) is 4.94. The zero-order chi connectivity index (χ0) is 11.8. The van der Waals surface area contributed by atoms with Crippen LogP contribution in [0.25, 0.3) is 0 Å². The Morgan fingerprint density at radius 2 is 1.93 bits per heavy atom. The highest BCUT2D eigenvalue weighted by Crippen LogP contribution is 2.26. The molecule has 1 saturated heterocycles. The average Bonchev–Trinajstić information content (AvgIpc) is 2.26. The molecule has 1 aliphatic rings. The smallest absolute Gasteiger partial charge is 0.310 e. The normalized spacial score (nSPS) is 20.0. The molecule has 0 aromatic heterocycles. The van der Waals surface area contributed by atoms with E-state index in [1.165, 1.54) is 11.9 Å². The van der Waals surface area contributed by atoms with Crippen LogP contribution in [0.3, 0.4) is 0 Å². The molecule has 0 radical (unpaired) electrons. The monoisotopic (exact) mass is 232 g/mol. The minimum atomic E-state index is -0.891. The maximum Gasteiger partial charge on any atom is 0.327 e. The van der Waals surface area contributed by atoms with Crippen LogP contribution >= 0.6 is 11.6 Å². The highest BCUT2D eigenvalue weighted by molar-refractivity contribution is 6.63. The van der Waals surface area contributed by atoms with Gasteiger partial charge in [-0.2, -0.15) is 0 Å². The van der Waals surface area contributed by atoms with Crippen molar-refractivity contribution < 1.29 is 14.4 Å². The topological polar surface area (TPSA) is 57.7 Å². The number of halogens is 1. The molecule has 0 spiro atoms. The number of urea groups is 1. The summed E-state index contributed by atoms with van der Waals surface area (Å²) in [4.78, 5) is 36.3. The van der Waals surface area contributed by atoms with Gasteiger partial charge in [-0.15, -0.1) is 0 Å². The molecule has 0 aliphatic carbocycles. The van der Waals surface area contributed by atoms with Gasteiger partial charge in [-0.3, -0.25) is 14.5 Å². The molecule has 1 rings (SSSR count). The van der Waals surface area contributed by atoms with E-state index in [-0.39, 0.29) is 24.9 Å². The largest absolute Gasteiger partial charge is 0.327 e. The van der Waals surface area contributed by atoms with Crippen LogP contribution in [0.15, 0.2) is 0 Å². The van der Waals surface area contributed by atoms with Gasteiger partial charge in [0.25, 0.3) is 5.91 Å². The van der Waals surface area contributed by atoms with Gasteiger partial charge in [0, 0.05) is 20.0 Å². The molecule has 1 fully saturated rings. The molecule has 5 nitrogen and oxygen atoms in total. The molecular formula is C9H13ClN2O3. The molecule has 1 heterocycles. The van der Waals surface area contributed by atoms with Crippen LogP contribution in [0.1, 0.15) is 20.3 Å². The minimum Gasteiger partial charge on any atom is -0.310 e. The molecule has 3 amide bonds. The van der Waals surface area contributed by atoms with Gasteiger partial charge in [-0.1, -0.05) is 0 Å². The summed E-state index contributed by atoms with van der Waals surface area (Å²) in [5.74, 6) is -0.269. The Bertz CT molecular complexity index is 327. The molecule has 15 heavy (non-hydrogen) atoms. The molecule has 0 bridgehead atoms. The Kier molecular flexibility index (Phi) is 3.04. The molecule has 0 saturated carbocycles. The van der Waals surface area contributed by atoms with Crippen LogP contribution in [0, 0.1) is 0 Å². The molecule has 0 aromatic rings. The molecule has 0 unspecified atom stereocenters. The molecule has 0 N–H and O–H groups in total. The zero-order valence-electron chi connectivity index (χ0n) is 8.91. The van der Waals surface area contributed by atoms with Crippen LogP contribution in [-0.4, -0.2) is 46.1 Å². The third-order valence-corrected chi connectivity index (χ3v) is 2.74. The Morgan fingerprint density at radius 3 is 2.27 bits per heavy atom. The SMILES string of the molecule is CN1C(=O)N(CCC(=O)Cl)C(C)(C)C1=O. The van der Waals surface area contributed by atoms with Crippen molar-refractivity contribution in [2.45, 2.75) is 25.8 Å². The zero-order valence-corrected chi connectivity index (χ0v) is 9.67. The number of amides is 3. The molecule has 1 aliphatic heterocycles. The van der Waals surface area contributed by atoms with Gasteiger partial charge in [0.05, 0.1) is 0 Å². The summed E-state index contributed by atoms with van der Waals surface area (Å²) in [6.45, 7) is 3.47. The van der Waals surface area contributed by atoms with Crippen molar-refractivity contribution in [3.63, 3.8) is 0 Å². The minimum absolute atomic E-state index is 0.0534. The highest BCUT2D eigenvalue weighted by Gasteiger charge is 2.49. The van der Waals surface area contributed by atoms with E-state index in [2.05, 4.69) is 0 Å². The first-order valence-electron chi connectivity index (χ1n) is 4.56. The molecule has 6 heteroatoms. The number of carbonyl (C=O) groups is 3. The summed E-state index contributed by atoms with van der Waals surface area (Å²) < 4.78 is 0. The Balaban J connectivity index is 2.83. The lowest BCUT2D eigenvalue weighted by molar-refractivity contribution is -0.131. The number of hydrogen-bond donors (Lipinski definition) is 0. The van der Waals surface area contributed by atoms with Crippen molar-refractivity contribution in [2.24, 2.45) is 0 Å². The van der Waals surface area contributed by atoms with E-state index < -0.39 is 10.8 Å². The van der Waals surface area contributed by atoms with Gasteiger partial charge in [-0.25, -0.2) is 4.79 Å². The summed E-state index contributed by atoms with van der Waals surface area (Å²) in [5, 5.41) is -0.513. The van der Waals surface area contributed by atoms with E-state index >= 15 is 0 Å². The third-order valence-electron chi connectivity index (χ3n) is 2.55. The van der Waals surface area contributed by atoms with Gasteiger partial charge in [-0.05, 0) is 25.4 Å². The fourth-order valence-electron chi connectivity index (χ4n) is 1.61. The quantitative estimate of drug-likeness (QED) is 0.535. The predicted octanol–water partition coefficient (Wildman–Crippen LogP) is 0.815. The number of rotatable bonds is 3. The van der Waals surface area contributed by atoms with Crippen molar-refractivity contribution in [1.82, 2.24) is 9.80 Å². The Hall–Kier alpha value is -1.10. The van der Waals surface area contributed by atoms with Gasteiger partial charge in [0.15, 0.2) is 0 Å². The second-order valence-corrected chi connectivity index (χ2v) is 4.38. The number of carbonyl (C=O) groups excluding carboxylic acids is 3. The van der Waals surface area contributed by atoms with Crippen molar-refractivity contribution in [3.8, 4) is 0 Å². The van der Waals surface area contributed by atoms with Crippen molar-refractivity contribution in [1.29, 1.82) is 0 Å². The first kappa shape index (κ1) is 12.0. The lowest BCUT2D eigenvalue weighted by Gasteiger charge is -2.27. The highest BCUT2D eigenvalue weighted by atomic mass is 35.5. The average molecular weight is 233 g/mol. The molecule has 0 atom stereocenters. The summed E-state index contributed by atoms with van der Waals surface area (Å²) in [7, 11) is 1.43. The summed E-state index contributed by atoms with van der Waals surface area (Å²) in [5.41, 5.74) is -0.891. The Labute approximate surface area is 93.0 Å². The molecular weight excluding hydrogens is 220 g/mol. The predicted molar refractivity (Wildman–Crippen MR) is 54.4 cm³/mol. The van der Waals surface area contributed by atoms with Crippen molar-refractivity contribution in [3.05, 3.63) is 0 Å². The van der Waals surface area contributed by atoms with Crippen molar-refractivity contribution >= 4 is 28.8 Å². The first-order chi connectivity index (χ1) is 6.78. The van der Waals surface area contributed by atoms with Crippen LogP contribution < -0.4 is 0 Å².